The summed E-state index contributed by atoms with van der Waals surface area (Å²) in [4.78, 5) is 27.5. The predicted octanol–water partition coefficient (Wildman–Crippen LogP) is 3.42. The first-order valence-corrected chi connectivity index (χ1v) is 9.85. The van der Waals surface area contributed by atoms with Crippen molar-refractivity contribution in [1.29, 1.82) is 0 Å². The summed E-state index contributed by atoms with van der Waals surface area (Å²) in [5, 5.41) is 4.13. The van der Waals surface area contributed by atoms with Crippen LogP contribution in [0.4, 0.5) is 18.0 Å². The largest absolute Gasteiger partial charge is 0.496 e. The summed E-state index contributed by atoms with van der Waals surface area (Å²) >= 11 is 5.98. The second-order valence-corrected chi connectivity index (χ2v) is 7.89. The molecule has 0 N–H and O–H groups in total. The molecule has 1 aliphatic rings. The molecule has 0 unspecified atom stereocenters. The fourth-order valence-electron chi connectivity index (χ4n) is 3.62. The summed E-state index contributed by atoms with van der Waals surface area (Å²) in [6.07, 6.45) is -4.59. The topological polar surface area (TPSA) is 67.7 Å². The van der Waals surface area contributed by atoms with Crippen LogP contribution in [0.3, 0.4) is 0 Å². The molecule has 3 rings (SSSR count). The molecular formula is C20H22ClF3N4O3. The highest BCUT2D eigenvalue weighted by Crippen LogP contribution is 2.35. The molecule has 0 aliphatic carbocycles. The van der Waals surface area contributed by atoms with Gasteiger partial charge >= 0.3 is 12.2 Å². The van der Waals surface area contributed by atoms with Gasteiger partial charge in [0, 0.05) is 55.3 Å². The maximum atomic E-state index is 13.6. The first-order valence-electron chi connectivity index (χ1n) is 9.47. The average Bonchev–Trinajstić information content (AvgIpc) is 3.05. The van der Waals surface area contributed by atoms with Crippen LogP contribution >= 0.6 is 11.6 Å². The number of Topliss-reactive ketones (excluding diaryl/α,β-unsaturated/α-hetero) is 1. The smallest absolute Gasteiger partial charge is 0.435 e. The van der Waals surface area contributed by atoms with E-state index in [2.05, 4.69) is 5.10 Å². The number of rotatable bonds is 5. The highest BCUT2D eigenvalue weighted by molar-refractivity contribution is 6.30. The number of ether oxygens (including phenoxy) is 1. The Hall–Kier alpha value is -2.75. The predicted molar refractivity (Wildman–Crippen MR) is 107 cm³/mol. The molecule has 0 bridgehead atoms. The Balaban J connectivity index is 1.87. The van der Waals surface area contributed by atoms with Crippen LogP contribution in [0.15, 0.2) is 18.2 Å². The Bertz CT molecular complexity index is 1000. The van der Waals surface area contributed by atoms with Crippen LogP contribution in [-0.2, 0) is 36.9 Å². The van der Waals surface area contributed by atoms with Crippen molar-refractivity contribution in [3.63, 3.8) is 0 Å². The number of halogens is 4. The highest BCUT2D eigenvalue weighted by atomic mass is 35.5. The normalized spacial score (nSPS) is 13.7. The van der Waals surface area contributed by atoms with Gasteiger partial charge in [-0.3, -0.25) is 9.48 Å². The fraction of sp³-hybridized carbons (Fsp3) is 0.450. The van der Waals surface area contributed by atoms with Gasteiger partial charge in [-0.05, 0) is 18.2 Å². The van der Waals surface area contributed by atoms with Gasteiger partial charge in [0.25, 0.3) is 0 Å². The Labute approximate surface area is 182 Å². The van der Waals surface area contributed by atoms with Gasteiger partial charge in [0.2, 0.25) is 0 Å². The second kappa shape index (κ2) is 8.78. The molecule has 1 aromatic carbocycles. The van der Waals surface area contributed by atoms with Gasteiger partial charge in [-0.1, -0.05) is 11.6 Å². The molecule has 11 heteroatoms. The summed E-state index contributed by atoms with van der Waals surface area (Å²) in [5.41, 5.74) is -0.268. The Morgan fingerprint density at radius 3 is 2.61 bits per heavy atom. The van der Waals surface area contributed by atoms with Crippen molar-refractivity contribution < 1.29 is 27.5 Å². The van der Waals surface area contributed by atoms with Gasteiger partial charge in [-0.25, -0.2) is 4.79 Å². The van der Waals surface area contributed by atoms with Crippen LogP contribution < -0.4 is 4.74 Å². The number of methoxy groups -OCH3 is 1. The van der Waals surface area contributed by atoms with Crippen LogP contribution in [0.2, 0.25) is 5.02 Å². The van der Waals surface area contributed by atoms with E-state index in [9.17, 15) is 22.8 Å². The number of carbonyl (C=O) groups is 2. The van der Waals surface area contributed by atoms with E-state index in [0.717, 1.165) is 4.68 Å². The number of amides is 2. The third-order valence-corrected chi connectivity index (χ3v) is 5.25. The molecule has 0 spiro atoms. The van der Waals surface area contributed by atoms with E-state index < -0.39 is 11.9 Å². The van der Waals surface area contributed by atoms with Gasteiger partial charge < -0.3 is 14.5 Å². The van der Waals surface area contributed by atoms with Crippen molar-refractivity contribution in [3.05, 3.63) is 45.7 Å². The van der Waals surface area contributed by atoms with Crippen molar-refractivity contribution in [1.82, 2.24) is 19.6 Å². The molecular weight excluding hydrogens is 437 g/mol. The van der Waals surface area contributed by atoms with Crippen LogP contribution in [0.1, 0.15) is 22.5 Å². The van der Waals surface area contributed by atoms with Crippen LogP contribution in [-0.4, -0.2) is 59.1 Å². The van der Waals surface area contributed by atoms with E-state index in [1.54, 1.807) is 18.2 Å². The zero-order valence-electron chi connectivity index (χ0n) is 17.3. The Kier molecular flexibility index (Phi) is 6.49. The maximum absolute atomic E-state index is 13.6. The molecule has 2 aromatic rings. The van der Waals surface area contributed by atoms with Crippen molar-refractivity contribution in [2.75, 3.05) is 27.7 Å². The maximum Gasteiger partial charge on any atom is 0.435 e. The number of benzene rings is 1. The lowest BCUT2D eigenvalue weighted by molar-refractivity contribution is -0.142. The molecule has 0 fully saturated rings. The van der Waals surface area contributed by atoms with Crippen LogP contribution in [0.5, 0.6) is 5.75 Å². The molecule has 0 saturated carbocycles. The average molecular weight is 459 g/mol. The molecule has 0 radical (unpaired) electrons. The van der Waals surface area contributed by atoms with E-state index >= 15 is 0 Å². The minimum Gasteiger partial charge on any atom is -0.496 e. The summed E-state index contributed by atoms with van der Waals surface area (Å²) < 4.78 is 47.1. The Morgan fingerprint density at radius 2 is 2.00 bits per heavy atom. The quantitative estimate of drug-likeness (QED) is 0.688. The van der Waals surface area contributed by atoms with Crippen molar-refractivity contribution >= 4 is 23.4 Å². The number of urea groups is 1. The number of alkyl halides is 3. The monoisotopic (exact) mass is 458 g/mol. The van der Waals surface area contributed by atoms with Gasteiger partial charge in [0.15, 0.2) is 11.5 Å². The molecule has 0 saturated heterocycles. The third-order valence-electron chi connectivity index (χ3n) is 5.01. The molecule has 7 nitrogen and oxygen atoms in total. The number of nitrogens with zero attached hydrogens (tertiary/aromatic N) is 4. The van der Waals surface area contributed by atoms with Gasteiger partial charge in [-0.2, -0.15) is 18.3 Å². The van der Waals surface area contributed by atoms with E-state index in [4.69, 9.17) is 16.3 Å². The minimum atomic E-state index is -4.70. The standard InChI is InChI=1S/C20H22ClF3N4O3/c1-26(2)19(30)27-7-6-16-15(11-27)18(20(22,23)24)25-28(16)10-14(29)9-12-8-13(21)4-5-17(12)31-3/h4-5,8H,6-7,9-11H2,1-3H3. The van der Waals surface area contributed by atoms with Gasteiger partial charge in [0.1, 0.15) is 12.3 Å². The molecule has 1 aromatic heterocycles. The zero-order chi connectivity index (χ0) is 22.9. The molecule has 2 amide bonds. The first-order chi connectivity index (χ1) is 14.5. The van der Waals surface area contributed by atoms with Crippen molar-refractivity contribution in [3.8, 4) is 5.75 Å². The van der Waals surface area contributed by atoms with Crippen LogP contribution in [0, 0.1) is 0 Å². The van der Waals surface area contributed by atoms with E-state index in [1.165, 1.54) is 31.0 Å². The highest BCUT2D eigenvalue weighted by Gasteiger charge is 2.41. The summed E-state index contributed by atoms with van der Waals surface area (Å²) in [5.74, 6) is 0.125. The molecule has 0 atom stereocenters. The summed E-state index contributed by atoms with van der Waals surface area (Å²) in [6.45, 7) is -0.295. The zero-order valence-corrected chi connectivity index (χ0v) is 18.0. The van der Waals surface area contributed by atoms with E-state index in [-0.39, 0.29) is 49.9 Å². The van der Waals surface area contributed by atoms with E-state index in [1.807, 2.05) is 0 Å². The van der Waals surface area contributed by atoms with Gasteiger partial charge in [-0.15, -0.1) is 0 Å². The molecule has 2 heterocycles. The van der Waals surface area contributed by atoms with Gasteiger partial charge in [0.05, 0.1) is 13.7 Å². The van der Waals surface area contributed by atoms with Crippen molar-refractivity contribution in [2.45, 2.75) is 32.1 Å². The molecule has 1 aliphatic heterocycles. The number of carbonyl (C=O) groups excluding carboxylic acids is 2. The minimum absolute atomic E-state index is 0.0645. The van der Waals surface area contributed by atoms with E-state index in [0.29, 0.717) is 22.0 Å². The summed E-state index contributed by atoms with van der Waals surface area (Å²) in [7, 11) is 4.53. The number of fused-ring (bicyclic) bond motifs is 1. The Morgan fingerprint density at radius 1 is 1.29 bits per heavy atom. The molecule has 168 valence electrons. The lowest BCUT2D eigenvalue weighted by Gasteiger charge is -2.30. The second-order valence-electron chi connectivity index (χ2n) is 7.45. The number of hydrogen-bond donors (Lipinski definition) is 0. The lowest BCUT2D eigenvalue weighted by Crippen LogP contribution is -2.42. The third kappa shape index (κ3) is 4.95. The molecule has 31 heavy (non-hydrogen) atoms. The SMILES string of the molecule is COc1ccc(Cl)cc1CC(=O)Cn1nc(C(F)(F)F)c2c1CCN(C(=O)N(C)C)C2. The number of aromatic nitrogens is 2. The lowest BCUT2D eigenvalue weighted by atomic mass is 10.0. The first kappa shape index (κ1) is 22.9. The summed E-state index contributed by atoms with van der Waals surface area (Å²) in [6, 6.07) is 4.45. The number of hydrogen-bond acceptors (Lipinski definition) is 4. The van der Waals surface area contributed by atoms with Crippen molar-refractivity contribution in [2.24, 2.45) is 0 Å². The van der Waals surface area contributed by atoms with Crippen LogP contribution in [0.25, 0.3) is 0 Å². The fourth-order valence-corrected chi connectivity index (χ4v) is 3.81. The number of ketones is 1.